The van der Waals surface area contributed by atoms with Crippen molar-refractivity contribution in [2.24, 2.45) is 0 Å². The van der Waals surface area contributed by atoms with Crippen LogP contribution in [0.2, 0.25) is 10.0 Å². The molecule has 2 rings (SSSR count). The summed E-state index contributed by atoms with van der Waals surface area (Å²) in [4.78, 5) is 0. The summed E-state index contributed by atoms with van der Waals surface area (Å²) in [5.41, 5.74) is 1.43. The fraction of sp³-hybridized carbons (Fsp3) is 0.455. The minimum absolute atomic E-state index is 0.286. The van der Waals surface area contributed by atoms with Crippen molar-refractivity contribution in [3.05, 3.63) is 33.8 Å². The van der Waals surface area contributed by atoms with E-state index in [1.54, 1.807) is 0 Å². The van der Waals surface area contributed by atoms with E-state index in [9.17, 15) is 0 Å². The van der Waals surface area contributed by atoms with Gasteiger partial charge in [0.2, 0.25) is 0 Å². The van der Waals surface area contributed by atoms with Gasteiger partial charge in [-0.2, -0.15) is 0 Å². The summed E-state index contributed by atoms with van der Waals surface area (Å²) in [7, 11) is 2.01. The van der Waals surface area contributed by atoms with E-state index in [4.69, 9.17) is 23.2 Å². The molecule has 1 aliphatic carbocycles. The van der Waals surface area contributed by atoms with Crippen LogP contribution in [0.15, 0.2) is 18.2 Å². The molecule has 14 heavy (non-hydrogen) atoms. The number of halogens is 2. The zero-order valence-electron chi connectivity index (χ0n) is 8.11. The molecule has 1 aliphatic rings. The molecular weight excluding hydrogens is 217 g/mol. The van der Waals surface area contributed by atoms with Gasteiger partial charge < -0.3 is 5.32 Å². The van der Waals surface area contributed by atoms with E-state index < -0.39 is 0 Å². The van der Waals surface area contributed by atoms with E-state index in [0.29, 0.717) is 0 Å². The Labute approximate surface area is 94.4 Å². The van der Waals surface area contributed by atoms with E-state index in [0.717, 1.165) is 22.0 Å². The topological polar surface area (TPSA) is 12.0 Å². The lowest BCUT2D eigenvalue weighted by Crippen LogP contribution is -2.29. The molecule has 1 aromatic carbocycles. The molecule has 0 amide bonds. The number of nitrogens with one attached hydrogen (secondary N) is 1. The quantitative estimate of drug-likeness (QED) is 0.840. The highest BCUT2D eigenvalue weighted by molar-refractivity contribution is 6.33. The smallest absolute Gasteiger partial charge is 0.0439 e. The molecule has 0 unspecified atom stereocenters. The SMILES string of the molecule is CNC1(Cc2cc(Cl)ccc2Cl)CC1. The normalized spacial score (nSPS) is 18.2. The van der Waals surface area contributed by atoms with E-state index in [1.807, 2.05) is 25.2 Å². The zero-order chi connectivity index (χ0) is 10.2. The van der Waals surface area contributed by atoms with E-state index in [-0.39, 0.29) is 5.54 Å². The molecule has 1 saturated carbocycles. The monoisotopic (exact) mass is 229 g/mol. The van der Waals surface area contributed by atoms with Crippen molar-refractivity contribution in [3.63, 3.8) is 0 Å². The zero-order valence-corrected chi connectivity index (χ0v) is 9.62. The van der Waals surface area contributed by atoms with Gasteiger partial charge >= 0.3 is 0 Å². The van der Waals surface area contributed by atoms with Crippen molar-refractivity contribution in [2.45, 2.75) is 24.8 Å². The van der Waals surface area contributed by atoms with Gasteiger partial charge in [0.25, 0.3) is 0 Å². The minimum atomic E-state index is 0.286. The molecule has 1 N–H and O–H groups in total. The highest BCUT2D eigenvalue weighted by Gasteiger charge is 2.41. The first-order valence-electron chi connectivity index (χ1n) is 4.78. The van der Waals surface area contributed by atoms with Gasteiger partial charge in [-0.1, -0.05) is 23.2 Å². The molecule has 1 aromatic rings. The Morgan fingerprint density at radius 1 is 1.36 bits per heavy atom. The first-order chi connectivity index (χ1) is 6.65. The predicted octanol–water partition coefficient (Wildman–Crippen LogP) is 3.29. The third kappa shape index (κ3) is 2.05. The van der Waals surface area contributed by atoms with Crippen LogP contribution in [-0.2, 0) is 6.42 Å². The lowest BCUT2D eigenvalue weighted by Gasteiger charge is -2.15. The molecule has 0 saturated heterocycles. The van der Waals surface area contributed by atoms with Gasteiger partial charge in [0.1, 0.15) is 0 Å². The van der Waals surface area contributed by atoms with E-state index in [1.165, 1.54) is 12.8 Å². The Balaban J connectivity index is 2.20. The Kier molecular flexibility index (Phi) is 2.74. The maximum absolute atomic E-state index is 6.10. The van der Waals surface area contributed by atoms with Gasteiger partial charge in [-0.3, -0.25) is 0 Å². The van der Waals surface area contributed by atoms with Gasteiger partial charge in [0.05, 0.1) is 0 Å². The molecule has 1 fully saturated rings. The van der Waals surface area contributed by atoms with Crippen molar-refractivity contribution in [3.8, 4) is 0 Å². The third-order valence-corrected chi connectivity index (χ3v) is 3.52. The highest BCUT2D eigenvalue weighted by Crippen LogP contribution is 2.39. The molecule has 0 aromatic heterocycles. The summed E-state index contributed by atoms with van der Waals surface area (Å²) in [5, 5.41) is 4.92. The average Bonchev–Trinajstić information content (AvgIpc) is 2.92. The van der Waals surface area contributed by atoms with Gasteiger partial charge in [0, 0.05) is 15.6 Å². The molecule has 76 valence electrons. The van der Waals surface area contributed by atoms with Crippen LogP contribution in [0.3, 0.4) is 0 Å². The molecular formula is C11H13Cl2N. The highest BCUT2D eigenvalue weighted by atomic mass is 35.5. The fourth-order valence-electron chi connectivity index (χ4n) is 1.71. The largest absolute Gasteiger partial charge is 0.314 e. The van der Waals surface area contributed by atoms with E-state index in [2.05, 4.69) is 5.32 Å². The summed E-state index contributed by atoms with van der Waals surface area (Å²) in [6, 6.07) is 5.65. The number of likely N-dealkylation sites (N-methyl/N-ethyl adjacent to an activating group) is 1. The van der Waals surface area contributed by atoms with Gasteiger partial charge in [-0.05, 0) is 50.1 Å². The van der Waals surface area contributed by atoms with Crippen LogP contribution in [0.25, 0.3) is 0 Å². The summed E-state index contributed by atoms with van der Waals surface area (Å²) in [6.07, 6.45) is 3.43. The van der Waals surface area contributed by atoms with Crippen LogP contribution < -0.4 is 5.32 Å². The van der Waals surface area contributed by atoms with Crippen LogP contribution in [0.1, 0.15) is 18.4 Å². The Hall–Kier alpha value is -0.240. The van der Waals surface area contributed by atoms with Crippen LogP contribution >= 0.6 is 23.2 Å². The average molecular weight is 230 g/mol. The van der Waals surface area contributed by atoms with E-state index >= 15 is 0 Å². The maximum atomic E-state index is 6.10. The summed E-state index contributed by atoms with van der Waals surface area (Å²) in [6.45, 7) is 0. The summed E-state index contributed by atoms with van der Waals surface area (Å²) >= 11 is 12.0. The first kappa shape index (κ1) is 10.3. The maximum Gasteiger partial charge on any atom is 0.0439 e. The fourth-order valence-corrected chi connectivity index (χ4v) is 2.09. The van der Waals surface area contributed by atoms with Crippen molar-refractivity contribution in [1.29, 1.82) is 0 Å². The lowest BCUT2D eigenvalue weighted by atomic mass is 10.0. The van der Waals surface area contributed by atoms with Crippen LogP contribution in [-0.4, -0.2) is 12.6 Å². The second-order valence-electron chi connectivity index (χ2n) is 3.94. The number of benzene rings is 1. The predicted molar refractivity (Wildman–Crippen MR) is 61.2 cm³/mol. The second kappa shape index (κ2) is 3.73. The molecule has 0 radical (unpaired) electrons. The standard InChI is InChI=1S/C11H13Cl2N/c1-14-11(4-5-11)7-8-6-9(12)2-3-10(8)13/h2-3,6,14H,4-5,7H2,1H3. The molecule has 0 heterocycles. The first-order valence-corrected chi connectivity index (χ1v) is 5.54. The molecule has 0 aliphatic heterocycles. The van der Waals surface area contributed by atoms with Crippen LogP contribution in [0.4, 0.5) is 0 Å². The van der Waals surface area contributed by atoms with Gasteiger partial charge in [-0.15, -0.1) is 0 Å². The lowest BCUT2D eigenvalue weighted by molar-refractivity contribution is 0.549. The molecule has 0 atom stereocenters. The Morgan fingerprint density at radius 2 is 2.07 bits per heavy atom. The molecule has 3 heteroatoms. The van der Waals surface area contributed by atoms with Crippen LogP contribution in [0, 0.1) is 0 Å². The Bertz CT molecular complexity index is 345. The van der Waals surface area contributed by atoms with Gasteiger partial charge in [-0.25, -0.2) is 0 Å². The van der Waals surface area contributed by atoms with Crippen molar-refractivity contribution >= 4 is 23.2 Å². The second-order valence-corrected chi connectivity index (χ2v) is 4.79. The van der Waals surface area contributed by atoms with Crippen molar-refractivity contribution in [2.75, 3.05) is 7.05 Å². The van der Waals surface area contributed by atoms with Crippen molar-refractivity contribution < 1.29 is 0 Å². The number of rotatable bonds is 3. The van der Waals surface area contributed by atoms with Crippen molar-refractivity contribution in [1.82, 2.24) is 5.32 Å². The number of hydrogen-bond acceptors (Lipinski definition) is 1. The molecule has 1 nitrogen and oxygen atoms in total. The minimum Gasteiger partial charge on any atom is -0.314 e. The summed E-state index contributed by atoms with van der Waals surface area (Å²) in [5.74, 6) is 0. The Morgan fingerprint density at radius 3 is 2.64 bits per heavy atom. The van der Waals surface area contributed by atoms with Gasteiger partial charge in [0.15, 0.2) is 0 Å². The molecule has 0 spiro atoms. The third-order valence-electron chi connectivity index (χ3n) is 2.92. The number of hydrogen-bond donors (Lipinski definition) is 1. The van der Waals surface area contributed by atoms with Crippen LogP contribution in [0.5, 0.6) is 0 Å². The summed E-state index contributed by atoms with van der Waals surface area (Å²) < 4.78 is 0. The molecule has 0 bridgehead atoms.